The van der Waals surface area contributed by atoms with Crippen LogP contribution in [0.3, 0.4) is 0 Å². The Morgan fingerprint density at radius 2 is 1.88 bits per heavy atom. The van der Waals surface area contributed by atoms with Gasteiger partial charge in [0.2, 0.25) is 0 Å². The normalized spacial score (nSPS) is 14.6. The SMILES string of the molecule is Cc1ncc([N+](=O)[O-])n1CC(=O)N1CCN(c2ccc(F)cc2)CC1. The zero-order valence-corrected chi connectivity index (χ0v) is 13.8. The Morgan fingerprint density at radius 3 is 2.48 bits per heavy atom. The van der Waals surface area contributed by atoms with Crippen molar-refractivity contribution in [1.82, 2.24) is 14.5 Å². The van der Waals surface area contributed by atoms with Crippen LogP contribution in [-0.4, -0.2) is 51.5 Å². The summed E-state index contributed by atoms with van der Waals surface area (Å²) in [5.41, 5.74) is 0.912. The molecule has 1 aromatic heterocycles. The number of hydrogen-bond donors (Lipinski definition) is 0. The van der Waals surface area contributed by atoms with Gasteiger partial charge in [-0.25, -0.2) is 13.9 Å². The molecule has 0 spiro atoms. The summed E-state index contributed by atoms with van der Waals surface area (Å²) in [7, 11) is 0. The number of anilines is 1. The largest absolute Gasteiger partial charge is 0.368 e. The summed E-state index contributed by atoms with van der Waals surface area (Å²) in [4.78, 5) is 30.6. The molecular weight excluding hydrogens is 329 g/mol. The Morgan fingerprint density at radius 1 is 1.24 bits per heavy atom. The topological polar surface area (TPSA) is 84.5 Å². The summed E-state index contributed by atoms with van der Waals surface area (Å²) in [6.45, 7) is 3.81. The van der Waals surface area contributed by atoms with Gasteiger partial charge in [0.1, 0.15) is 12.0 Å². The Hall–Kier alpha value is -2.97. The van der Waals surface area contributed by atoms with Crippen LogP contribution in [0.15, 0.2) is 30.5 Å². The molecule has 1 aliphatic heterocycles. The number of nitrogens with zero attached hydrogens (tertiary/aromatic N) is 5. The van der Waals surface area contributed by atoms with Crippen molar-refractivity contribution in [2.45, 2.75) is 13.5 Å². The number of carbonyl (C=O) groups excluding carboxylic acids is 1. The molecule has 132 valence electrons. The van der Waals surface area contributed by atoms with E-state index in [1.807, 2.05) is 0 Å². The molecule has 1 amide bonds. The lowest BCUT2D eigenvalue weighted by molar-refractivity contribution is -0.392. The maximum absolute atomic E-state index is 13.0. The van der Waals surface area contributed by atoms with Gasteiger partial charge in [0.05, 0.1) is 0 Å². The van der Waals surface area contributed by atoms with E-state index in [4.69, 9.17) is 0 Å². The minimum Gasteiger partial charge on any atom is -0.368 e. The number of nitro groups is 1. The number of amides is 1. The van der Waals surface area contributed by atoms with Crippen LogP contribution in [0, 0.1) is 22.9 Å². The zero-order valence-electron chi connectivity index (χ0n) is 13.8. The second-order valence-electron chi connectivity index (χ2n) is 5.85. The highest BCUT2D eigenvalue weighted by molar-refractivity contribution is 5.76. The lowest BCUT2D eigenvalue weighted by atomic mass is 10.2. The molecule has 0 unspecified atom stereocenters. The summed E-state index contributed by atoms with van der Waals surface area (Å²) < 4.78 is 14.3. The van der Waals surface area contributed by atoms with Gasteiger partial charge in [-0.1, -0.05) is 0 Å². The molecular formula is C16H18FN5O3. The molecule has 3 rings (SSSR count). The molecule has 0 radical (unpaired) electrons. The second-order valence-corrected chi connectivity index (χ2v) is 5.85. The number of imidazole rings is 1. The van der Waals surface area contributed by atoms with Crippen molar-refractivity contribution in [2.75, 3.05) is 31.1 Å². The standard InChI is InChI=1S/C16H18FN5O3/c1-12-18-10-15(22(24)25)21(12)11-16(23)20-8-6-19(7-9-20)14-4-2-13(17)3-5-14/h2-5,10H,6-9,11H2,1H3. The number of halogens is 1. The number of hydrogen-bond acceptors (Lipinski definition) is 5. The van der Waals surface area contributed by atoms with Crippen molar-refractivity contribution in [3.05, 3.63) is 52.2 Å². The maximum Gasteiger partial charge on any atom is 0.343 e. The fraction of sp³-hybridized carbons (Fsp3) is 0.375. The molecule has 1 fully saturated rings. The highest BCUT2D eigenvalue weighted by Gasteiger charge is 2.26. The summed E-state index contributed by atoms with van der Waals surface area (Å²) in [6, 6.07) is 6.25. The van der Waals surface area contributed by atoms with Gasteiger partial charge >= 0.3 is 5.82 Å². The molecule has 2 heterocycles. The van der Waals surface area contributed by atoms with Gasteiger partial charge in [-0.05, 0) is 29.2 Å². The van der Waals surface area contributed by atoms with Crippen LogP contribution < -0.4 is 4.90 Å². The monoisotopic (exact) mass is 347 g/mol. The summed E-state index contributed by atoms with van der Waals surface area (Å²) >= 11 is 0. The van der Waals surface area contributed by atoms with E-state index < -0.39 is 4.92 Å². The predicted molar refractivity (Wildman–Crippen MR) is 88.8 cm³/mol. The molecule has 1 saturated heterocycles. The van der Waals surface area contributed by atoms with Gasteiger partial charge in [-0.2, -0.15) is 0 Å². The third kappa shape index (κ3) is 3.59. The molecule has 25 heavy (non-hydrogen) atoms. The molecule has 0 aliphatic carbocycles. The van der Waals surface area contributed by atoms with E-state index in [2.05, 4.69) is 9.88 Å². The van der Waals surface area contributed by atoms with Crippen molar-refractivity contribution < 1.29 is 14.1 Å². The van der Waals surface area contributed by atoms with Crippen LogP contribution >= 0.6 is 0 Å². The molecule has 8 nitrogen and oxygen atoms in total. The molecule has 0 bridgehead atoms. The van der Waals surface area contributed by atoms with E-state index in [9.17, 15) is 19.3 Å². The average molecular weight is 347 g/mol. The lowest BCUT2D eigenvalue weighted by Crippen LogP contribution is -2.49. The van der Waals surface area contributed by atoms with Gasteiger partial charge in [-0.15, -0.1) is 0 Å². The molecule has 2 aromatic rings. The van der Waals surface area contributed by atoms with Crippen molar-refractivity contribution in [1.29, 1.82) is 0 Å². The molecule has 1 aromatic carbocycles. The van der Waals surface area contributed by atoms with Gasteiger partial charge < -0.3 is 19.9 Å². The van der Waals surface area contributed by atoms with Gasteiger partial charge in [0.15, 0.2) is 12.4 Å². The van der Waals surface area contributed by atoms with Crippen LogP contribution in [0.5, 0.6) is 0 Å². The average Bonchev–Trinajstić information content (AvgIpc) is 2.97. The fourth-order valence-corrected chi connectivity index (χ4v) is 2.90. The minimum absolute atomic E-state index is 0.0985. The van der Waals surface area contributed by atoms with Crippen molar-refractivity contribution in [2.24, 2.45) is 0 Å². The van der Waals surface area contributed by atoms with E-state index >= 15 is 0 Å². The summed E-state index contributed by atoms with van der Waals surface area (Å²) in [6.07, 6.45) is 1.16. The van der Waals surface area contributed by atoms with Crippen LogP contribution in [0.1, 0.15) is 5.82 Å². The molecule has 0 saturated carbocycles. The minimum atomic E-state index is -0.542. The van der Waals surface area contributed by atoms with E-state index in [1.165, 1.54) is 16.7 Å². The zero-order chi connectivity index (χ0) is 18.0. The Labute approximate surface area is 143 Å². The van der Waals surface area contributed by atoms with Crippen LogP contribution in [-0.2, 0) is 11.3 Å². The molecule has 9 heteroatoms. The van der Waals surface area contributed by atoms with Crippen molar-refractivity contribution in [3.63, 3.8) is 0 Å². The second kappa shape index (κ2) is 6.88. The van der Waals surface area contributed by atoms with E-state index in [-0.39, 0.29) is 24.1 Å². The first kappa shape index (κ1) is 16.9. The summed E-state index contributed by atoms with van der Waals surface area (Å²) in [5.74, 6) is -0.210. The molecule has 0 N–H and O–H groups in total. The van der Waals surface area contributed by atoms with E-state index in [1.54, 1.807) is 24.0 Å². The van der Waals surface area contributed by atoms with Crippen LogP contribution in [0.4, 0.5) is 15.9 Å². The smallest absolute Gasteiger partial charge is 0.343 e. The number of aromatic nitrogens is 2. The highest BCUT2D eigenvalue weighted by Crippen LogP contribution is 2.18. The van der Waals surface area contributed by atoms with Gasteiger partial charge in [0, 0.05) is 38.8 Å². The Kier molecular flexibility index (Phi) is 4.64. The van der Waals surface area contributed by atoms with Crippen LogP contribution in [0.25, 0.3) is 0 Å². The molecule has 0 atom stereocenters. The first-order chi connectivity index (χ1) is 12.0. The predicted octanol–water partition coefficient (Wildman–Crippen LogP) is 1.59. The van der Waals surface area contributed by atoms with Gasteiger partial charge in [0.25, 0.3) is 5.91 Å². The first-order valence-electron chi connectivity index (χ1n) is 7.90. The van der Waals surface area contributed by atoms with Crippen molar-refractivity contribution >= 4 is 17.4 Å². The quantitative estimate of drug-likeness (QED) is 0.619. The maximum atomic E-state index is 13.0. The number of piperazine rings is 1. The van der Waals surface area contributed by atoms with Crippen molar-refractivity contribution in [3.8, 4) is 0 Å². The number of carbonyl (C=O) groups is 1. The first-order valence-corrected chi connectivity index (χ1v) is 7.90. The van der Waals surface area contributed by atoms with Crippen LogP contribution in [0.2, 0.25) is 0 Å². The Bertz CT molecular complexity index is 782. The molecule has 1 aliphatic rings. The van der Waals surface area contributed by atoms with E-state index in [0.717, 1.165) is 11.9 Å². The number of rotatable bonds is 4. The third-order valence-corrected chi connectivity index (χ3v) is 4.34. The number of aryl methyl sites for hydroxylation is 1. The lowest BCUT2D eigenvalue weighted by Gasteiger charge is -2.35. The highest BCUT2D eigenvalue weighted by atomic mass is 19.1. The summed E-state index contributed by atoms with van der Waals surface area (Å²) in [5, 5.41) is 11.0. The Balaban J connectivity index is 1.61. The van der Waals surface area contributed by atoms with Gasteiger partial charge in [-0.3, -0.25) is 4.79 Å². The van der Waals surface area contributed by atoms with E-state index in [0.29, 0.717) is 32.0 Å². The number of benzene rings is 1. The fourth-order valence-electron chi connectivity index (χ4n) is 2.90. The third-order valence-electron chi connectivity index (χ3n) is 4.34.